The summed E-state index contributed by atoms with van der Waals surface area (Å²) in [6.45, 7) is 0. The fourth-order valence-electron chi connectivity index (χ4n) is 5.29. The van der Waals surface area contributed by atoms with E-state index in [0.717, 1.165) is 6.20 Å². The molecule has 3 aliphatic rings. The molecule has 6 N–H and O–H groups in total. The number of pyridine rings is 1. The lowest BCUT2D eigenvalue weighted by Crippen LogP contribution is -2.65. The van der Waals surface area contributed by atoms with Crippen LogP contribution in [0.25, 0.3) is 5.76 Å². The number of aliphatic hydroxyl groups excluding tert-OH is 2. The molecule has 0 aliphatic heterocycles. The number of amides is 1. The Labute approximate surface area is 182 Å². The van der Waals surface area contributed by atoms with Gasteiger partial charge in [-0.05, 0) is 32.9 Å². The third kappa shape index (κ3) is 2.61. The summed E-state index contributed by atoms with van der Waals surface area (Å²) in [4.78, 5) is 43.9. The first-order chi connectivity index (χ1) is 15.0. The van der Waals surface area contributed by atoms with Crippen LogP contribution < -0.4 is 10.5 Å². The first-order valence-corrected chi connectivity index (χ1v) is 9.86. The number of aromatic nitrogens is 1. The third-order valence-corrected chi connectivity index (χ3v) is 6.63. The third-order valence-electron chi connectivity index (χ3n) is 6.63. The molecule has 0 bridgehead atoms. The molecule has 0 aromatic carbocycles. The molecule has 11 heteroatoms. The van der Waals surface area contributed by atoms with Crippen molar-refractivity contribution in [2.75, 3.05) is 21.2 Å². The standard InChI is InChI=1S/C21H23N3O8/c1-24(2)14-9-5-7-4-8-12(10(25)6-23-20(8)32-3)15(26)11(7)17(28)21(9,31)18(29)13(16(14)27)19(22)30/h6-7,9,14,25-26,29,31H,4-5H2,1-3H3,(H2,22,30)/t7-,9-,14-,21-/m0/s1. The van der Waals surface area contributed by atoms with Crippen LogP contribution in [0.5, 0.6) is 11.6 Å². The first-order valence-electron chi connectivity index (χ1n) is 9.86. The molecule has 1 saturated carbocycles. The molecule has 0 radical (unpaired) electrons. The lowest BCUT2D eigenvalue weighted by atomic mass is 9.57. The molecular formula is C21H23N3O8. The van der Waals surface area contributed by atoms with Crippen LogP contribution in [0.1, 0.15) is 17.5 Å². The Bertz CT molecular complexity index is 1140. The molecule has 0 unspecified atom stereocenters. The lowest BCUT2D eigenvalue weighted by molar-refractivity contribution is -0.153. The van der Waals surface area contributed by atoms with E-state index in [0.29, 0.717) is 5.56 Å². The maximum absolute atomic E-state index is 13.6. The number of hydrogen-bond acceptors (Lipinski definition) is 10. The van der Waals surface area contributed by atoms with Crippen molar-refractivity contribution >= 4 is 23.2 Å². The van der Waals surface area contributed by atoms with E-state index in [1.165, 1.54) is 12.0 Å². The van der Waals surface area contributed by atoms with Crippen molar-refractivity contribution in [1.29, 1.82) is 0 Å². The van der Waals surface area contributed by atoms with Crippen LogP contribution in [0, 0.1) is 11.8 Å². The molecule has 4 atom stereocenters. The molecule has 32 heavy (non-hydrogen) atoms. The Morgan fingerprint density at radius 3 is 2.50 bits per heavy atom. The van der Waals surface area contributed by atoms with Crippen molar-refractivity contribution in [1.82, 2.24) is 9.88 Å². The summed E-state index contributed by atoms with van der Waals surface area (Å²) in [5.74, 6) is -6.88. The number of hydrogen-bond donors (Lipinski definition) is 5. The van der Waals surface area contributed by atoms with Gasteiger partial charge in [0.05, 0.1) is 24.9 Å². The highest BCUT2D eigenvalue weighted by Crippen LogP contribution is 2.53. The van der Waals surface area contributed by atoms with Crippen LogP contribution >= 0.6 is 0 Å². The van der Waals surface area contributed by atoms with Crippen LogP contribution in [0.4, 0.5) is 0 Å². The highest BCUT2D eigenvalue weighted by atomic mass is 16.5. The van der Waals surface area contributed by atoms with Gasteiger partial charge in [-0.25, -0.2) is 4.98 Å². The number of aliphatic hydroxyl groups is 3. The number of rotatable bonds is 3. The normalized spacial score (nSPS) is 29.6. The number of Topliss-reactive ketones (excluding diaryl/α,β-unsaturated/α-hetero) is 2. The van der Waals surface area contributed by atoms with Crippen LogP contribution in [-0.2, 0) is 20.8 Å². The minimum absolute atomic E-state index is 0.00454. The van der Waals surface area contributed by atoms with Crippen molar-refractivity contribution in [2.45, 2.75) is 24.5 Å². The fraction of sp³-hybridized carbons (Fsp3) is 0.429. The number of methoxy groups -OCH3 is 1. The van der Waals surface area contributed by atoms with Gasteiger partial charge >= 0.3 is 0 Å². The van der Waals surface area contributed by atoms with Crippen LogP contribution in [-0.4, -0.2) is 80.6 Å². The van der Waals surface area contributed by atoms with Crippen LogP contribution in [0.3, 0.4) is 0 Å². The Morgan fingerprint density at radius 2 is 1.94 bits per heavy atom. The second kappa shape index (κ2) is 7.04. The second-order valence-electron chi connectivity index (χ2n) is 8.47. The quantitative estimate of drug-likeness (QED) is 0.375. The van der Waals surface area contributed by atoms with E-state index in [1.54, 1.807) is 14.1 Å². The lowest BCUT2D eigenvalue weighted by Gasteiger charge is -2.50. The predicted molar refractivity (Wildman–Crippen MR) is 109 cm³/mol. The van der Waals surface area contributed by atoms with Gasteiger partial charge in [0.2, 0.25) is 11.7 Å². The van der Waals surface area contributed by atoms with Gasteiger partial charge in [-0.15, -0.1) is 0 Å². The Hall–Kier alpha value is -3.44. The van der Waals surface area contributed by atoms with E-state index in [1.807, 2.05) is 0 Å². The highest BCUT2D eigenvalue weighted by molar-refractivity contribution is 6.24. The number of fused-ring (bicyclic) bond motifs is 3. The average Bonchev–Trinajstić information content (AvgIpc) is 2.70. The molecule has 1 aromatic rings. The summed E-state index contributed by atoms with van der Waals surface area (Å²) in [6, 6.07) is -1.13. The molecule has 11 nitrogen and oxygen atoms in total. The Morgan fingerprint density at radius 1 is 1.28 bits per heavy atom. The number of carbonyl (C=O) groups excluding carboxylic acids is 3. The molecular weight excluding hydrogens is 422 g/mol. The van der Waals surface area contributed by atoms with Crippen molar-refractivity contribution in [2.24, 2.45) is 17.6 Å². The number of carbonyl (C=O) groups is 3. The largest absolute Gasteiger partial charge is 0.508 e. The number of nitrogens with zero attached hydrogens (tertiary/aromatic N) is 2. The van der Waals surface area contributed by atoms with Gasteiger partial charge in [-0.2, -0.15) is 0 Å². The van der Waals surface area contributed by atoms with E-state index < -0.39 is 63.8 Å². The number of primary amides is 1. The van der Waals surface area contributed by atoms with Gasteiger partial charge < -0.3 is 30.9 Å². The SMILES string of the molecule is COc1ncc(O)c2c1C[C@H]1C[C@H]3[C@H](N(C)C)C(=O)C(C(N)=O)=C(O)[C@@]3(O)C(=O)C1=C2O. The molecule has 0 spiro atoms. The van der Waals surface area contributed by atoms with Crippen molar-refractivity contribution < 1.29 is 39.5 Å². The topological polar surface area (TPSA) is 184 Å². The number of aromatic hydroxyl groups is 1. The zero-order chi connectivity index (χ0) is 23.7. The van der Waals surface area contributed by atoms with Crippen molar-refractivity contribution in [3.05, 3.63) is 34.2 Å². The molecule has 3 aliphatic carbocycles. The summed E-state index contributed by atoms with van der Waals surface area (Å²) in [6.07, 6.45) is 1.19. The molecule has 170 valence electrons. The molecule has 1 fully saturated rings. The number of ether oxygens (including phenoxy) is 1. The van der Waals surface area contributed by atoms with E-state index in [2.05, 4.69) is 4.98 Å². The van der Waals surface area contributed by atoms with Crippen LogP contribution in [0.15, 0.2) is 23.1 Å². The van der Waals surface area contributed by atoms with E-state index >= 15 is 0 Å². The minimum atomic E-state index is -2.66. The minimum Gasteiger partial charge on any atom is -0.508 e. The maximum Gasteiger partial charge on any atom is 0.255 e. The van der Waals surface area contributed by atoms with Crippen molar-refractivity contribution in [3.8, 4) is 11.6 Å². The van der Waals surface area contributed by atoms with Gasteiger partial charge in [0.15, 0.2) is 11.4 Å². The summed E-state index contributed by atoms with van der Waals surface area (Å²) in [7, 11) is 4.45. The summed E-state index contributed by atoms with van der Waals surface area (Å²) in [5, 5.41) is 43.4. The Balaban J connectivity index is 1.99. The van der Waals surface area contributed by atoms with Crippen LogP contribution in [0.2, 0.25) is 0 Å². The molecule has 4 rings (SSSR count). The zero-order valence-corrected chi connectivity index (χ0v) is 17.6. The molecule has 1 aromatic heterocycles. The number of ketones is 2. The fourth-order valence-corrected chi connectivity index (χ4v) is 5.29. The van der Waals surface area contributed by atoms with Gasteiger partial charge in [0, 0.05) is 17.1 Å². The van der Waals surface area contributed by atoms with Gasteiger partial charge in [0.1, 0.15) is 22.8 Å². The van der Waals surface area contributed by atoms with Gasteiger partial charge in [-0.1, -0.05) is 0 Å². The van der Waals surface area contributed by atoms with Gasteiger partial charge in [-0.3, -0.25) is 19.3 Å². The second-order valence-corrected chi connectivity index (χ2v) is 8.47. The number of nitrogens with two attached hydrogens (primary N) is 1. The van der Waals surface area contributed by atoms with Gasteiger partial charge in [0.25, 0.3) is 5.91 Å². The monoisotopic (exact) mass is 445 g/mol. The molecule has 1 amide bonds. The summed E-state index contributed by atoms with van der Waals surface area (Å²) < 4.78 is 5.23. The zero-order valence-electron chi connectivity index (χ0n) is 17.6. The maximum atomic E-state index is 13.6. The van der Waals surface area contributed by atoms with Crippen molar-refractivity contribution in [3.63, 3.8) is 0 Å². The van der Waals surface area contributed by atoms with E-state index in [9.17, 15) is 34.8 Å². The van der Waals surface area contributed by atoms with E-state index in [4.69, 9.17) is 10.5 Å². The average molecular weight is 445 g/mol. The predicted octanol–water partition coefficient (Wildman–Crippen LogP) is -0.632. The highest BCUT2D eigenvalue weighted by Gasteiger charge is 2.64. The first kappa shape index (κ1) is 21.8. The van der Waals surface area contributed by atoms with E-state index in [-0.39, 0.29) is 29.9 Å². The molecule has 1 heterocycles. The number of likely N-dealkylation sites (N-methyl/N-ethyl adjacent to an activating group) is 1. The smallest absolute Gasteiger partial charge is 0.255 e. The summed E-state index contributed by atoms with van der Waals surface area (Å²) in [5.41, 5.74) is 1.86. The Kier molecular flexibility index (Phi) is 4.79. The summed E-state index contributed by atoms with van der Waals surface area (Å²) >= 11 is 0. The molecule has 0 saturated heterocycles.